The molecule has 3 heterocycles. The molecule has 0 aliphatic heterocycles. The van der Waals surface area contributed by atoms with Gasteiger partial charge in [0, 0.05) is 31.8 Å². The zero-order valence-corrected chi connectivity index (χ0v) is 21.3. The molecule has 8 nitrogen and oxygen atoms in total. The average Bonchev–Trinajstić information content (AvgIpc) is 3.53. The van der Waals surface area contributed by atoms with Gasteiger partial charge in [-0.2, -0.15) is 0 Å². The summed E-state index contributed by atoms with van der Waals surface area (Å²) >= 11 is 0. The van der Waals surface area contributed by atoms with Crippen LogP contribution in [0.1, 0.15) is 43.0 Å². The molecule has 1 aromatic carbocycles. The van der Waals surface area contributed by atoms with Gasteiger partial charge >= 0.3 is 5.97 Å². The Morgan fingerprint density at radius 1 is 1.08 bits per heavy atom. The highest BCUT2D eigenvalue weighted by Crippen LogP contribution is 2.44. The molecule has 0 N–H and O–H groups in total. The number of carbonyl (C=O) groups excluding carboxylic acids is 1. The fourth-order valence-electron chi connectivity index (χ4n) is 5.73. The Hall–Kier alpha value is -3.39. The van der Waals surface area contributed by atoms with Crippen molar-refractivity contribution >= 4 is 28.0 Å². The highest BCUT2D eigenvalue weighted by molar-refractivity contribution is 5.97. The van der Waals surface area contributed by atoms with Gasteiger partial charge in [-0.1, -0.05) is 0 Å². The Bertz CT molecular complexity index is 1460. The molecule has 6 rings (SSSR count). The third kappa shape index (κ3) is 3.84. The summed E-state index contributed by atoms with van der Waals surface area (Å²) in [5.74, 6) is 2.20. The van der Waals surface area contributed by atoms with E-state index in [1.54, 1.807) is 26.4 Å². The second-order valence-corrected chi connectivity index (χ2v) is 10.5. The van der Waals surface area contributed by atoms with Gasteiger partial charge < -0.3 is 23.3 Å². The van der Waals surface area contributed by atoms with E-state index in [0.29, 0.717) is 23.1 Å². The van der Waals surface area contributed by atoms with Crippen LogP contribution >= 0.6 is 0 Å². The number of esters is 1. The van der Waals surface area contributed by atoms with Gasteiger partial charge in [0.1, 0.15) is 16.9 Å². The first-order chi connectivity index (χ1) is 17.4. The zero-order valence-electron chi connectivity index (χ0n) is 21.3. The van der Waals surface area contributed by atoms with Crippen molar-refractivity contribution in [3.05, 3.63) is 42.1 Å². The second kappa shape index (κ2) is 8.62. The number of rotatable bonds is 8. The highest BCUT2D eigenvalue weighted by Gasteiger charge is 2.41. The first-order valence-electron chi connectivity index (χ1n) is 12.6. The van der Waals surface area contributed by atoms with Crippen molar-refractivity contribution in [2.75, 3.05) is 21.3 Å². The maximum atomic E-state index is 12.4. The van der Waals surface area contributed by atoms with Crippen LogP contribution in [0.4, 0.5) is 0 Å². The van der Waals surface area contributed by atoms with Crippen molar-refractivity contribution in [2.45, 2.75) is 51.3 Å². The smallest absolute Gasteiger partial charge is 0.338 e. The average molecular weight is 489 g/mol. The van der Waals surface area contributed by atoms with E-state index in [1.165, 1.54) is 20.0 Å². The Balaban J connectivity index is 1.55. The maximum Gasteiger partial charge on any atom is 0.338 e. The van der Waals surface area contributed by atoms with Gasteiger partial charge in [-0.25, -0.2) is 14.8 Å². The molecule has 2 aliphatic carbocycles. The van der Waals surface area contributed by atoms with E-state index in [2.05, 4.69) is 28.2 Å². The normalized spacial score (nSPS) is 21.6. The number of ether oxygens (including phenoxy) is 3. The van der Waals surface area contributed by atoms with Gasteiger partial charge in [-0.3, -0.25) is 0 Å². The van der Waals surface area contributed by atoms with Crippen molar-refractivity contribution in [2.24, 2.45) is 11.8 Å². The third-order valence-electron chi connectivity index (χ3n) is 7.84. The number of aromatic nitrogens is 4. The van der Waals surface area contributed by atoms with Gasteiger partial charge in [0.2, 0.25) is 0 Å². The van der Waals surface area contributed by atoms with E-state index >= 15 is 0 Å². The van der Waals surface area contributed by atoms with Crippen molar-refractivity contribution in [3.63, 3.8) is 0 Å². The summed E-state index contributed by atoms with van der Waals surface area (Å²) in [4.78, 5) is 22.2. The zero-order chi connectivity index (χ0) is 25.0. The molecule has 0 saturated heterocycles. The van der Waals surface area contributed by atoms with Gasteiger partial charge in [-0.15, -0.1) is 0 Å². The molecule has 2 aliphatic rings. The van der Waals surface area contributed by atoms with E-state index in [1.807, 2.05) is 12.3 Å². The van der Waals surface area contributed by atoms with Crippen LogP contribution in [-0.2, 0) is 22.6 Å². The lowest BCUT2D eigenvalue weighted by Crippen LogP contribution is -2.44. The van der Waals surface area contributed by atoms with Crippen molar-refractivity contribution < 1.29 is 19.0 Å². The first-order valence-corrected chi connectivity index (χ1v) is 12.6. The van der Waals surface area contributed by atoms with Crippen LogP contribution in [0.5, 0.6) is 5.75 Å². The van der Waals surface area contributed by atoms with Crippen molar-refractivity contribution in [1.29, 1.82) is 0 Å². The topological polar surface area (TPSA) is 80.4 Å². The minimum atomic E-state index is -0.409. The van der Waals surface area contributed by atoms with E-state index < -0.39 is 5.97 Å². The highest BCUT2D eigenvalue weighted by atomic mass is 16.5. The molecular formula is C28H32N4O4. The number of fused-ring (bicyclic) bond motifs is 2. The molecule has 2 saturated carbocycles. The quantitative estimate of drug-likeness (QED) is 0.322. The summed E-state index contributed by atoms with van der Waals surface area (Å²) in [6, 6.07) is 9.82. The van der Waals surface area contributed by atoms with E-state index in [0.717, 1.165) is 59.5 Å². The van der Waals surface area contributed by atoms with Crippen molar-refractivity contribution in [3.8, 4) is 17.3 Å². The molecule has 0 unspecified atom stereocenters. The summed E-state index contributed by atoms with van der Waals surface area (Å²) in [6.45, 7) is 3.88. The number of imidazole rings is 1. The monoisotopic (exact) mass is 488 g/mol. The summed E-state index contributed by atoms with van der Waals surface area (Å²) in [5.41, 5.74) is 3.98. The number of benzene rings is 1. The second-order valence-electron chi connectivity index (χ2n) is 10.5. The van der Waals surface area contributed by atoms with Gasteiger partial charge in [0.05, 0.1) is 36.6 Å². The van der Waals surface area contributed by atoms with E-state index in [-0.39, 0.29) is 5.60 Å². The van der Waals surface area contributed by atoms with Gasteiger partial charge in [-0.05, 0) is 74.8 Å². The lowest BCUT2D eigenvalue weighted by molar-refractivity contribution is -0.0937. The molecule has 2 fully saturated rings. The molecule has 36 heavy (non-hydrogen) atoms. The number of pyridine rings is 1. The molecule has 8 heteroatoms. The van der Waals surface area contributed by atoms with E-state index in [9.17, 15) is 4.79 Å². The Morgan fingerprint density at radius 2 is 1.86 bits per heavy atom. The number of nitrogens with zero attached hydrogens (tertiary/aromatic N) is 4. The predicted octanol–water partition coefficient (Wildman–Crippen LogP) is 5.07. The van der Waals surface area contributed by atoms with Crippen LogP contribution in [0.15, 0.2) is 36.5 Å². The Morgan fingerprint density at radius 3 is 2.56 bits per heavy atom. The van der Waals surface area contributed by atoms with Crippen LogP contribution in [-0.4, -0.2) is 52.0 Å². The SMILES string of the molecule is COC(=O)c1cc(OC)c2c(c1)nc(-c1cc3cccnc3n1CC1CC1)n2CC1CC(C)(OC)C1. The first kappa shape index (κ1) is 23.0. The molecular weight excluding hydrogens is 456 g/mol. The molecule has 4 aromatic rings. The molecule has 0 atom stereocenters. The van der Waals surface area contributed by atoms with E-state index in [4.69, 9.17) is 24.2 Å². The Kier molecular flexibility index (Phi) is 5.52. The fraction of sp³-hybridized carbons (Fsp3) is 0.464. The number of carbonyl (C=O) groups is 1. The lowest BCUT2D eigenvalue weighted by atomic mass is 9.72. The van der Waals surface area contributed by atoms with Crippen LogP contribution in [0.2, 0.25) is 0 Å². The number of hydrogen-bond donors (Lipinski definition) is 0. The molecule has 0 radical (unpaired) electrons. The minimum absolute atomic E-state index is 0.0753. The summed E-state index contributed by atoms with van der Waals surface area (Å²) < 4.78 is 21.1. The molecule has 0 amide bonds. The lowest BCUT2D eigenvalue weighted by Gasteiger charge is -2.44. The van der Waals surface area contributed by atoms with Crippen LogP contribution < -0.4 is 4.74 Å². The van der Waals surface area contributed by atoms with Gasteiger partial charge in [0.15, 0.2) is 5.82 Å². The van der Waals surface area contributed by atoms with Crippen LogP contribution in [0.3, 0.4) is 0 Å². The fourth-order valence-corrected chi connectivity index (χ4v) is 5.73. The third-order valence-corrected chi connectivity index (χ3v) is 7.84. The number of methoxy groups -OCH3 is 3. The maximum absolute atomic E-state index is 12.4. The minimum Gasteiger partial charge on any atom is -0.494 e. The molecule has 3 aromatic heterocycles. The molecule has 188 valence electrons. The molecule has 0 bridgehead atoms. The Labute approximate surface area is 210 Å². The number of hydrogen-bond acceptors (Lipinski definition) is 6. The standard InChI is InChI=1S/C28H32N4O4/c1-28(36-4)13-18(14-28)16-32-24-21(10-20(27(33)35-3)12-23(24)34-2)30-26(32)22-11-19-6-5-9-29-25(19)31(22)15-17-7-8-17/h5-6,9-12,17-18H,7-8,13-16H2,1-4H3. The summed E-state index contributed by atoms with van der Waals surface area (Å²) in [6.07, 6.45) is 6.31. The summed E-state index contributed by atoms with van der Waals surface area (Å²) in [7, 11) is 4.80. The molecule has 0 spiro atoms. The van der Waals surface area contributed by atoms with Crippen LogP contribution in [0, 0.1) is 11.8 Å². The summed E-state index contributed by atoms with van der Waals surface area (Å²) in [5, 5.41) is 1.10. The largest absolute Gasteiger partial charge is 0.494 e. The van der Waals surface area contributed by atoms with Gasteiger partial charge in [0.25, 0.3) is 0 Å². The van der Waals surface area contributed by atoms with Crippen molar-refractivity contribution in [1.82, 2.24) is 19.1 Å². The van der Waals surface area contributed by atoms with Crippen LogP contribution in [0.25, 0.3) is 33.6 Å². The predicted molar refractivity (Wildman–Crippen MR) is 137 cm³/mol.